The Kier molecular flexibility index (Phi) is 5.02. The molecule has 1 aliphatic carbocycles. The SMILES string of the molecule is Cc1nn([C@@H]2CCS(=O)(=O)C2)c(C)c1S(=O)(=O)N[C@@H]1CCCC[C@H]1C. The molecule has 9 heteroatoms. The highest BCUT2D eigenvalue weighted by molar-refractivity contribution is 7.91. The van der Waals surface area contributed by atoms with Crippen molar-refractivity contribution in [3.63, 3.8) is 0 Å². The first-order valence-electron chi connectivity index (χ1n) is 8.89. The molecule has 7 nitrogen and oxygen atoms in total. The molecule has 3 atom stereocenters. The molecule has 0 amide bonds. The highest BCUT2D eigenvalue weighted by Gasteiger charge is 2.35. The van der Waals surface area contributed by atoms with Crippen molar-refractivity contribution in [2.45, 2.75) is 69.9 Å². The molecule has 1 aromatic rings. The molecule has 0 spiro atoms. The van der Waals surface area contributed by atoms with Crippen LogP contribution < -0.4 is 4.72 Å². The minimum absolute atomic E-state index is 0.0293. The molecule has 142 valence electrons. The van der Waals surface area contributed by atoms with Crippen molar-refractivity contribution < 1.29 is 16.8 Å². The molecule has 1 saturated heterocycles. The predicted octanol–water partition coefficient (Wildman–Crippen LogP) is 1.72. The zero-order valence-corrected chi connectivity index (χ0v) is 16.7. The van der Waals surface area contributed by atoms with Crippen molar-refractivity contribution in [1.29, 1.82) is 0 Å². The lowest BCUT2D eigenvalue weighted by Crippen LogP contribution is -2.41. The smallest absolute Gasteiger partial charge is 0.244 e. The summed E-state index contributed by atoms with van der Waals surface area (Å²) >= 11 is 0. The van der Waals surface area contributed by atoms with E-state index in [1.165, 1.54) is 0 Å². The van der Waals surface area contributed by atoms with Crippen molar-refractivity contribution >= 4 is 19.9 Å². The minimum atomic E-state index is -3.67. The van der Waals surface area contributed by atoms with Crippen LogP contribution in [0.3, 0.4) is 0 Å². The van der Waals surface area contributed by atoms with E-state index >= 15 is 0 Å². The van der Waals surface area contributed by atoms with Gasteiger partial charge in [-0.15, -0.1) is 0 Å². The third kappa shape index (κ3) is 3.78. The highest BCUT2D eigenvalue weighted by Crippen LogP contribution is 2.30. The maximum atomic E-state index is 13.0. The summed E-state index contributed by atoms with van der Waals surface area (Å²) in [5.41, 5.74) is 0.952. The molecule has 0 radical (unpaired) electrons. The summed E-state index contributed by atoms with van der Waals surface area (Å²) in [6, 6.07) is -0.325. The van der Waals surface area contributed by atoms with Gasteiger partial charge in [-0.05, 0) is 39.0 Å². The van der Waals surface area contributed by atoms with E-state index < -0.39 is 19.9 Å². The van der Waals surface area contributed by atoms with Gasteiger partial charge in [-0.3, -0.25) is 4.68 Å². The lowest BCUT2D eigenvalue weighted by molar-refractivity contribution is 0.310. The van der Waals surface area contributed by atoms with Crippen molar-refractivity contribution in [3.8, 4) is 0 Å². The third-order valence-electron chi connectivity index (χ3n) is 5.50. The molecule has 2 fully saturated rings. The van der Waals surface area contributed by atoms with E-state index in [0.717, 1.165) is 25.7 Å². The quantitative estimate of drug-likeness (QED) is 0.845. The summed E-state index contributed by atoms with van der Waals surface area (Å²) < 4.78 is 53.9. The Bertz CT molecular complexity index is 858. The highest BCUT2D eigenvalue weighted by atomic mass is 32.2. The first kappa shape index (κ1) is 18.8. The van der Waals surface area contributed by atoms with E-state index in [0.29, 0.717) is 23.7 Å². The number of aromatic nitrogens is 2. The molecule has 0 bridgehead atoms. The number of rotatable bonds is 4. The molecule has 0 unspecified atom stereocenters. The summed E-state index contributed by atoms with van der Waals surface area (Å²) in [6.07, 6.45) is 4.55. The first-order chi connectivity index (χ1) is 11.6. The van der Waals surface area contributed by atoms with Crippen LogP contribution in [0.5, 0.6) is 0 Å². The van der Waals surface area contributed by atoms with Gasteiger partial charge in [-0.25, -0.2) is 21.6 Å². The van der Waals surface area contributed by atoms with Gasteiger partial charge in [0.25, 0.3) is 0 Å². The molecule has 25 heavy (non-hydrogen) atoms. The van der Waals surface area contributed by atoms with E-state index in [1.54, 1.807) is 18.5 Å². The number of nitrogens with zero attached hydrogens (tertiary/aromatic N) is 2. The van der Waals surface area contributed by atoms with E-state index in [4.69, 9.17) is 0 Å². The summed E-state index contributed by atoms with van der Waals surface area (Å²) in [5, 5.41) is 4.37. The topological polar surface area (TPSA) is 98.1 Å². The Hall–Kier alpha value is -0.930. The van der Waals surface area contributed by atoms with E-state index in [1.807, 2.05) is 0 Å². The summed E-state index contributed by atoms with van der Waals surface area (Å²) in [6.45, 7) is 5.47. The number of nitrogens with one attached hydrogen (secondary N) is 1. The average Bonchev–Trinajstić information content (AvgIpc) is 3.00. The van der Waals surface area contributed by atoms with Crippen LogP contribution in [0, 0.1) is 19.8 Å². The van der Waals surface area contributed by atoms with Crippen LogP contribution in [0.25, 0.3) is 0 Å². The molecule has 1 saturated carbocycles. The lowest BCUT2D eigenvalue weighted by atomic mass is 9.87. The molecule has 1 aromatic heterocycles. The largest absolute Gasteiger partial charge is 0.264 e. The zero-order chi connectivity index (χ0) is 18.4. The second-order valence-electron chi connectivity index (χ2n) is 7.49. The van der Waals surface area contributed by atoms with Crippen molar-refractivity contribution in [2.24, 2.45) is 5.92 Å². The normalized spacial score (nSPS) is 29.8. The summed E-state index contributed by atoms with van der Waals surface area (Å²) in [4.78, 5) is 0.203. The second kappa shape index (κ2) is 6.66. The maximum Gasteiger partial charge on any atom is 0.244 e. The van der Waals surface area contributed by atoms with Gasteiger partial charge < -0.3 is 0 Å². The van der Waals surface area contributed by atoms with Gasteiger partial charge in [0.15, 0.2) is 9.84 Å². The fourth-order valence-corrected chi connectivity index (χ4v) is 7.58. The predicted molar refractivity (Wildman–Crippen MR) is 95.8 cm³/mol. The number of hydrogen-bond donors (Lipinski definition) is 1. The average molecular weight is 390 g/mol. The second-order valence-corrected chi connectivity index (χ2v) is 11.4. The van der Waals surface area contributed by atoms with Crippen molar-refractivity contribution in [3.05, 3.63) is 11.4 Å². The van der Waals surface area contributed by atoms with Gasteiger partial charge in [0, 0.05) is 6.04 Å². The lowest BCUT2D eigenvalue weighted by Gasteiger charge is -2.29. The Morgan fingerprint density at radius 1 is 1.16 bits per heavy atom. The number of sulfone groups is 1. The van der Waals surface area contributed by atoms with Gasteiger partial charge in [-0.1, -0.05) is 19.8 Å². The van der Waals surface area contributed by atoms with E-state index in [9.17, 15) is 16.8 Å². The Morgan fingerprint density at radius 3 is 2.44 bits per heavy atom. The van der Waals surface area contributed by atoms with Gasteiger partial charge in [-0.2, -0.15) is 5.10 Å². The molecule has 0 aromatic carbocycles. The van der Waals surface area contributed by atoms with Crippen LogP contribution in [0.2, 0.25) is 0 Å². The monoisotopic (exact) mass is 389 g/mol. The summed E-state index contributed by atoms with van der Waals surface area (Å²) in [7, 11) is -6.73. The van der Waals surface area contributed by atoms with Crippen LogP contribution in [-0.4, -0.2) is 44.2 Å². The fourth-order valence-electron chi connectivity index (χ4n) is 4.11. The molecular formula is C16H27N3O4S2. The van der Waals surface area contributed by atoms with Crippen LogP contribution in [-0.2, 0) is 19.9 Å². The van der Waals surface area contributed by atoms with E-state index in [-0.39, 0.29) is 28.5 Å². The van der Waals surface area contributed by atoms with Gasteiger partial charge in [0.05, 0.1) is 28.9 Å². The Labute approximate surface area is 150 Å². The molecule has 1 N–H and O–H groups in total. The molecule has 3 rings (SSSR count). The van der Waals surface area contributed by atoms with Crippen LogP contribution >= 0.6 is 0 Å². The standard InChI is InChI=1S/C16H27N3O4S2/c1-11-6-4-5-7-15(11)18-25(22,23)16-12(2)17-19(13(16)3)14-8-9-24(20,21)10-14/h11,14-15,18H,4-10H2,1-3H3/t11-,14-,15-/m1/s1. The third-order valence-corrected chi connectivity index (χ3v) is 8.99. The van der Waals surface area contributed by atoms with Crippen molar-refractivity contribution in [1.82, 2.24) is 14.5 Å². The Morgan fingerprint density at radius 2 is 1.84 bits per heavy atom. The number of sulfonamides is 1. The molecule has 2 heterocycles. The number of hydrogen-bond acceptors (Lipinski definition) is 5. The Balaban J connectivity index is 1.89. The minimum Gasteiger partial charge on any atom is -0.264 e. The first-order valence-corrected chi connectivity index (χ1v) is 12.2. The van der Waals surface area contributed by atoms with Gasteiger partial charge in [0.1, 0.15) is 4.90 Å². The summed E-state index contributed by atoms with van der Waals surface area (Å²) in [5.74, 6) is 0.483. The molecular weight excluding hydrogens is 362 g/mol. The van der Waals surface area contributed by atoms with Gasteiger partial charge >= 0.3 is 0 Å². The van der Waals surface area contributed by atoms with Gasteiger partial charge in [0.2, 0.25) is 10.0 Å². The van der Waals surface area contributed by atoms with E-state index in [2.05, 4.69) is 16.7 Å². The van der Waals surface area contributed by atoms with Crippen molar-refractivity contribution in [2.75, 3.05) is 11.5 Å². The number of aryl methyl sites for hydroxylation is 1. The fraction of sp³-hybridized carbons (Fsp3) is 0.812. The van der Waals surface area contributed by atoms with Crippen LogP contribution in [0.1, 0.15) is 56.5 Å². The van der Waals surface area contributed by atoms with Crippen LogP contribution in [0.15, 0.2) is 4.90 Å². The van der Waals surface area contributed by atoms with Crippen LogP contribution in [0.4, 0.5) is 0 Å². The molecule has 1 aliphatic heterocycles. The maximum absolute atomic E-state index is 13.0. The molecule has 2 aliphatic rings. The zero-order valence-electron chi connectivity index (χ0n) is 15.0.